The molecule has 5 rings (SSSR count). The van der Waals surface area contributed by atoms with Crippen LogP contribution in [0.5, 0.6) is 5.75 Å². The molecule has 8 nitrogen and oxygen atoms in total. The van der Waals surface area contributed by atoms with Gasteiger partial charge in [0, 0.05) is 25.2 Å². The van der Waals surface area contributed by atoms with Crippen molar-refractivity contribution in [3.05, 3.63) is 66.1 Å². The Balaban J connectivity index is 1.10. The van der Waals surface area contributed by atoms with Gasteiger partial charge < -0.3 is 19.2 Å². The van der Waals surface area contributed by atoms with Gasteiger partial charge in [0.15, 0.2) is 0 Å². The van der Waals surface area contributed by atoms with E-state index >= 15 is 0 Å². The lowest BCUT2D eigenvalue weighted by molar-refractivity contribution is -0.0871. The lowest BCUT2D eigenvalue weighted by Gasteiger charge is -2.44. The number of hydrogen-bond donors (Lipinski definition) is 1. The van der Waals surface area contributed by atoms with E-state index in [2.05, 4.69) is 15.1 Å². The van der Waals surface area contributed by atoms with Gasteiger partial charge in [-0.25, -0.2) is 0 Å². The Morgan fingerprint density at radius 1 is 1.13 bits per heavy atom. The molecule has 2 fully saturated rings. The van der Waals surface area contributed by atoms with Gasteiger partial charge in [0.1, 0.15) is 11.9 Å². The van der Waals surface area contributed by atoms with Crippen LogP contribution in [0.15, 0.2) is 59.0 Å². The van der Waals surface area contributed by atoms with Crippen molar-refractivity contribution in [1.82, 2.24) is 20.0 Å². The van der Waals surface area contributed by atoms with Crippen molar-refractivity contribution in [2.75, 3.05) is 26.2 Å². The highest BCUT2D eigenvalue weighted by molar-refractivity contribution is 5.90. The van der Waals surface area contributed by atoms with Crippen LogP contribution in [0, 0.1) is 0 Å². The second kappa shape index (κ2) is 7.79. The van der Waals surface area contributed by atoms with E-state index < -0.39 is 5.60 Å². The number of rotatable bonds is 6. The highest BCUT2D eigenvalue weighted by Crippen LogP contribution is 2.25. The third-order valence-electron chi connectivity index (χ3n) is 5.52. The second-order valence-corrected chi connectivity index (χ2v) is 8.51. The minimum Gasteiger partial charge on any atom is -0.487 e. The number of nitrogens with zero attached hydrogens (tertiary/aromatic N) is 4. The van der Waals surface area contributed by atoms with Gasteiger partial charge in [-0.05, 0) is 36.8 Å². The fraction of sp³-hybridized carbons (Fsp3) is 0.348. The Kier molecular flexibility index (Phi) is 4.95. The molecule has 0 spiro atoms. The molecule has 1 N–H and O–H groups in total. The van der Waals surface area contributed by atoms with Crippen LogP contribution in [0.2, 0.25) is 0 Å². The number of carbonyl (C=O) groups excluding carboxylic acids is 1. The van der Waals surface area contributed by atoms with Gasteiger partial charge in [0.2, 0.25) is 5.89 Å². The van der Waals surface area contributed by atoms with Crippen LogP contribution < -0.4 is 4.74 Å². The van der Waals surface area contributed by atoms with Crippen LogP contribution in [0.3, 0.4) is 0 Å². The van der Waals surface area contributed by atoms with Crippen LogP contribution in [-0.2, 0) is 6.54 Å². The maximum atomic E-state index is 12.5. The summed E-state index contributed by atoms with van der Waals surface area (Å²) in [7, 11) is 0. The highest BCUT2D eigenvalue weighted by atomic mass is 16.5. The summed E-state index contributed by atoms with van der Waals surface area (Å²) in [6.45, 7) is 5.03. The average molecular weight is 420 g/mol. The number of ether oxygens (including phenoxy) is 1. The highest BCUT2D eigenvalue weighted by Gasteiger charge is 2.36. The van der Waals surface area contributed by atoms with Gasteiger partial charge in [-0.2, -0.15) is 0 Å². The molecule has 3 heterocycles. The van der Waals surface area contributed by atoms with Crippen molar-refractivity contribution in [3.63, 3.8) is 0 Å². The summed E-state index contributed by atoms with van der Waals surface area (Å²) < 4.78 is 11.5. The first-order chi connectivity index (χ1) is 14.9. The van der Waals surface area contributed by atoms with E-state index in [1.54, 1.807) is 4.90 Å². The van der Waals surface area contributed by atoms with Crippen LogP contribution in [0.1, 0.15) is 23.2 Å². The molecule has 3 aromatic rings. The maximum absolute atomic E-state index is 12.5. The largest absolute Gasteiger partial charge is 0.487 e. The molecular weight excluding hydrogens is 396 g/mol. The number of carbonyl (C=O) groups is 1. The van der Waals surface area contributed by atoms with E-state index in [1.807, 2.05) is 61.5 Å². The Morgan fingerprint density at radius 2 is 1.84 bits per heavy atom. The van der Waals surface area contributed by atoms with Crippen molar-refractivity contribution < 1.29 is 19.1 Å². The van der Waals surface area contributed by atoms with Crippen molar-refractivity contribution in [2.24, 2.45) is 0 Å². The molecule has 2 saturated heterocycles. The molecule has 0 bridgehead atoms. The zero-order chi connectivity index (χ0) is 21.4. The average Bonchev–Trinajstić information content (AvgIpc) is 3.21. The quantitative estimate of drug-likeness (QED) is 0.654. The lowest BCUT2D eigenvalue weighted by atomic mass is 9.96. The molecule has 1 amide bonds. The number of likely N-dealkylation sites (tertiary alicyclic amines) is 2. The molecule has 2 aliphatic rings. The van der Waals surface area contributed by atoms with E-state index in [9.17, 15) is 9.90 Å². The van der Waals surface area contributed by atoms with Crippen molar-refractivity contribution in [3.8, 4) is 17.2 Å². The molecule has 2 aliphatic heterocycles. The van der Waals surface area contributed by atoms with Crippen molar-refractivity contribution in [1.29, 1.82) is 0 Å². The normalized spacial score (nSPS) is 18.3. The topological polar surface area (TPSA) is 91.9 Å². The van der Waals surface area contributed by atoms with Crippen molar-refractivity contribution >= 4 is 5.91 Å². The summed E-state index contributed by atoms with van der Waals surface area (Å²) in [5.74, 6) is 0.821. The first-order valence-corrected chi connectivity index (χ1v) is 10.3. The predicted octanol–water partition coefficient (Wildman–Crippen LogP) is 2.21. The molecule has 1 aromatic heterocycles. The van der Waals surface area contributed by atoms with Gasteiger partial charge in [-0.3, -0.25) is 9.69 Å². The number of β-amino-alcohol motifs (C(OH)–C–C–N with tert-alkyl or cyclic N) is 1. The SMILES string of the molecule is CC1(O)CN(Cc2ccc(OC3CN(C(=O)c4nnc(-c5ccccc5)o4)C3)cc2)C1. The van der Waals surface area contributed by atoms with E-state index in [1.165, 1.54) is 5.56 Å². The standard InChI is InChI=1S/C23H24N4O4/c1-23(29)14-26(15-23)11-16-7-9-18(10-8-16)30-19-12-27(13-19)22(28)21-25-24-20(31-21)17-5-3-2-4-6-17/h2-10,19,29H,11-15H2,1H3. The molecule has 160 valence electrons. The molecular formula is C23H24N4O4. The molecule has 0 atom stereocenters. The zero-order valence-corrected chi connectivity index (χ0v) is 17.3. The minimum absolute atomic E-state index is 0.00775. The molecule has 0 unspecified atom stereocenters. The van der Waals surface area contributed by atoms with Gasteiger partial charge in [-0.1, -0.05) is 30.3 Å². The summed E-state index contributed by atoms with van der Waals surface area (Å²) in [6.07, 6.45) is -0.0585. The van der Waals surface area contributed by atoms with Crippen LogP contribution in [0.4, 0.5) is 0 Å². The summed E-state index contributed by atoms with van der Waals surface area (Å²) in [6, 6.07) is 17.3. The number of benzene rings is 2. The van der Waals surface area contributed by atoms with Gasteiger partial charge in [0.05, 0.1) is 18.7 Å². The molecule has 8 heteroatoms. The van der Waals surface area contributed by atoms with Gasteiger partial charge in [0.25, 0.3) is 0 Å². The first kappa shape index (κ1) is 19.7. The number of hydrogen-bond acceptors (Lipinski definition) is 7. The zero-order valence-electron chi connectivity index (χ0n) is 17.3. The van der Waals surface area contributed by atoms with Gasteiger partial charge >= 0.3 is 11.8 Å². The molecule has 0 saturated carbocycles. The van der Waals surface area contributed by atoms with E-state index in [-0.39, 0.29) is 17.9 Å². The van der Waals surface area contributed by atoms with Gasteiger partial charge in [-0.15, -0.1) is 10.2 Å². The van der Waals surface area contributed by atoms with Crippen LogP contribution >= 0.6 is 0 Å². The van der Waals surface area contributed by atoms with E-state index in [0.29, 0.717) is 32.1 Å². The van der Waals surface area contributed by atoms with E-state index in [0.717, 1.165) is 17.9 Å². The smallest absolute Gasteiger partial charge is 0.311 e. The number of amides is 1. The molecule has 2 aromatic carbocycles. The minimum atomic E-state index is -0.555. The lowest BCUT2D eigenvalue weighted by Crippen LogP contribution is -2.59. The summed E-state index contributed by atoms with van der Waals surface area (Å²) in [5.41, 5.74) is 1.40. The van der Waals surface area contributed by atoms with Crippen molar-refractivity contribution in [2.45, 2.75) is 25.2 Å². The maximum Gasteiger partial charge on any atom is 0.311 e. The predicted molar refractivity (Wildman–Crippen MR) is 112 cm³/mol. The fourth-order valence-electron chi connectivity index (χ4n) is 3.97. The third-order valence-corrected chi connectivity index (χ3v) is 5.52. The van der Waals surface area contributed by atoms with Crippen LogP contribution in [-0.4, -0.2) is 68.9 Å². The summed E-state index contributed by atoms with van der Waals surface area (Å²) in [4.78, 5) is 16.4. The Labute approximate surface area is 180 Å². The van der Waals surface area contributed by atoms with Crippen LogP contribution in [0.25, 0.3) is 11.5 Å². The Hall–Kier alpha value is -3.23. The fourth-order valence-corrected chi connectivity index (χ4v) is 3.97. The summed E-state index contributed by atoms with van der Waals surface area (Å²) in [5, 5.41) is 17.7. The molecule has 0 radical (unpaired) electrons. The number of aromatic nitrogens is 2. The molecule has 31 heavy (non-hydrogen) atoms. The third kappa shape index (κ3) is 4.30. The molecule has 0 aliphatic carbocycles. The Bertz CT molecular complexity index is 1050. The van der Waals surface area contributed by atoms with E-state index in [4.69, 9.17) is 9.15 Å². The first-order valence-electron chi connectivity index (χ1n) is 10.3. The monoisotopic (exact) mass is 420 g/mol. The number of aliphatic hydroxyl groups is 1. The second-order valence-electron chi connectivity index (χ2n) is 8.51. The Morgan fingerprint density at radius 3 is 2.52 bits per heavy atom. The summed E-state index contributed by atoms with van der Waals surface area (Å²) >= 11 is 0.